The number of rotatable bonds is 8. The highest BCUT2D eigenvalue weighted by Crippen LogP contribution is 2.22. The highest BCUT2D eigenvalue weighted by atomic mass is 19.1. The monoisotopic (exact) mass is 419 g/mol. The predicted octanol–water partition coefficient (Wildman–Crippen LogP) is 2.74. The minimum Gasteiger partial charge on any atom is -0.481 e. The Bertz CT molecular complexity index is 1090. The maximum atomic E-state index is 13.7. The van der Waals surface area contributed by atoms with Gasteiger partial charge in [0, 0.05) is 12.3 Å². The molecule has 2 heterocycles. The first-order chi connectivity index (χ1) is 14.3. The van der Waals surface area contributed by atoms with Crippen molar-refractivity contribution in [3.8, 4) is 5.75 Å². The molecule has 1 aromatic carbocycles. The molecule has 0 unspecified atom stereocenters. The molecule has 158 valence electrons. The number of carboxylic acid groups (broad SMARTS) is 1. The van der Waals surface area contributed by atoms with Crippen LogP contribution in [0.5, 0.6) is 5.75 Å². The summed E-state index contributed by atoms with van der Waals surface area (Å²) in [5.74, 6) is -3.15. The van der Waals surface area contributed by atoms with Gasteiger partial charge in [-0.25, -0.2) is 13.5 Å². The normalized spacial score (nSPS) is 10.8. The number of nitrogens with one attached hydrogen (secondary N) is 1. The quantitative estimate of drug-likeness (QED) is 0.581. The lowest BCUT2D eigenvalue weighted by Crippen LogP contribution is -2.19. The van der Waals surface area contributed by atoms with Gasteiger partial charge in [0.15, 0.2) is 18.3 Å². The van der Waals surface area contributed by atoms with E-state index in [1.807, 2.05) is 0 Å². The Morgan fingerprint density at radius 1 is 1.20 bits per heavy atom. The second-order valence-electron chi connectivity index (χ2n) is 6.43. The van der Waals surface area contributed by atoms with Crippen LogP contribution in [0.1, 0.15) is 28.3 Å². The van der Waals surface area contributed by atoms with Crippen LogP contribution in [0.15, 0.2) is 30.5 Å². The molecule has 0 fully saturated rings. The zero-order valence-corrected chi connectivity index (χ0v) is 16.2. The van der Waals surface area contributed by atoms with Crippen molar-refractivity contribution in [2.45, 2.75) is 33.5 Å². The van der Waals surface area contributed by atoms with E-state index >= 15 is 0 Å². The number of hydrogen-bond acceptors (Lipinski definition) is 5. The van der Waals surface area contributed by atoms with Gasteiger partial charge in [-0.1, -0.05) is 0 Å². The molecule has 0 bridgehead atoms. The average molecular weight is 419 g/mol. The van der Waals surface area contributed by atoms with E-state index in [0.29, 0.717) is 17.1 Å². The Balaban J connectivity index is 1.72. The molecular formula is C19H19F2N5O4. The van der Waals surface area contributed by atoms with E-state index in [9.17, 15) is 18.4 Å². The maximum Gasteiger partial charge on any atom is 0.305 e. The zero-order chi connectivity index (χ0) is 21.8. The van der Waals surface area contributed by atoms with Gasteiger partial charge in [0.2, 0.25) is 0 Å². The molecule has 9 nitrogen and oxygen atoms in total. The topological polar surface area (TPSA) is 111 Å². The van der Waals surface area contributed by atoms with Crippen LogP contribution in [0, 0.1) is 25.5 Å². The third kappa shape index (κ3) is 4.62. The molecule has 0 saturated carbocycles. The Kier molecular flexibility index (Phi) is 6.09. The fourth-order valence-corrected chi connectivity index (χ4v) is 2.81. The molecule has 0 atom stereocenters. The van der Waals surface area contributed by atoms with Gasteiger partial charge in [-0.2, -0.15) is 10.2 Å². The molecule has 3 aromatic rings. The highest BCUT2D eigenvalue weighted by Gasteiger charge is 2.19. The van der Waals surface area contributed by atoms with Gasteiger partial charge in [-0.15, -0.1) is 0 Å². The summed E-state index contributed by atoms with van der Waals surface area (Å²) >= 11 is 0. The molecule has 2 N–H and O–H groups in total. The molecule has 0 aliphatic carbocycles. The van der Waals surface area contributed by atoms with Crippen LogP contribution < -0.4 is 10.1 Å². The minimum absolute atomic E-state index is 0.0549. The Hall–Kier alpha value is -3.76. The van der Waals surface area contributed by atoms with Crippen LogP contribution in [0.3, 0.4) is 0 Å². The first-order valence-electron chi connectivity index (χ1n) is 8.93. The number of halogens is 2. The Morgan fingerprint density at radius 2 is 1.97 bits per heavy atom. The maximum absolute atomic E-state index is 13.7. The number of carboxylic acids is 1. The van der Waals surface area contributed by atoms with E-state index in [1.54, 1.807) is 13.8 Å². The van der Waals surface area contributed by atoms with Crippen LogP contribution in [-0.4, -0.2) is 36.5 Å². The summed E-state index contributed by atoms with van der Waals surface area (Å²) in [6.07, 6.45) is 1.24. The number of hydrogen-bond donors (Lipinski definition) is 2. The van der Waals surface area contributed by atoms with Crippen LogP contribution in [0.4, 0.5) is 14.5 Å². The van der Waals surface area contributed by atoms with Crippen molar-refractivity contribution in [1.29, 1.82) is 0 Å². The summed E-state index contributed by atoms with van der Waals surface area (Å²) in [5.41, 5.74) is 1.70. The molecule has 0 spiro atoms. The molecular weight excluding hydrogens is 400 g/mol. The minimum atomic E-state index is -0.998. The van der Waals surface area contributed by atoms with E-state index in [-0.39, 0.29) is 31.1 Å². The standard InChI is InChI=1S/C19H19F2N5O4/c1-11-18(23-19(29)15-5-7-22-25(15)8-6-17(27)28)12(2)26(24-11)10-30-16-4-3-13(20)9-14(16)21/h3-5,7,9H,6,8,10H2,1-2H3,(H,23,29)(H,27,28). The Labute approximate surface area is 169 Å². The summed E-state index contributed by atoms with van der Waals surface area (Å²) < 4.78 is 34.8. The number of anilines is 1. The Morgan fingerprint density at radius 3 is 2.67 bits per heavy atom. The van der Waals surface area contributed by atoms with Crippen molar-refractivity contribution >= 4 is 17.6 Å². The van der Waals surface area contributed by atoms with E-state index in [4.69, 9.17) is 9.84 Å². The number of benzene rings is 1. The fourth-order valence-electron chi connectivity index (χ4n) is 2.81. The molecule has 1 amide bonds. The van der Waals surface area contributed by atoms with Gasteiger partial charge in [0.25, 0.3) is 5.91 Å². The number of carbonyl (C=O) groups is 2. The largest absolute Gasteiger partial charge is 0.481 e. The van der Waals surface area contributed by atoms with Crippen molar-refractivity contribution in [1.82, 2.24) is 19.6 Å². The van der Waals surface area contributed by atoms with E-state index in [1.165, 1.54) is 27.7 Å². The number of ether oxygens (including phenoxy) is 1. The van der Waals surface area contributed by atoms with Crippen molar-refractivity contribution in [3.63, 3.8) is 0 Å². The second kappa shape index (κ2) is 8.72. The molecule has 2 aromatic heterocycles. The predicted molar refractivity (Wildman–Crippen MR) is 101 cm³/mol. The van der Waals surface area contributed by atoms with Crippen LogP contribution in [0.25, 0.3) is 0 Å². The number of carbonyl (C=O) groups excluding carboxylic acids is 1. The van der Waals surface area contributed by atoms with Crippen molar-refractivity contribution in [3.05, 3.63) is 59.2 Å². The zero-order valence-electron chi connectivity index (χ0n) is 16.2. The van der Waals surface area contributed by atoms with Crippen LogP contribution >= 0.6 is 0 Å². The molecule has 11 heteroatoms. The summed E-state index contributed by atoms with van der Waals surface area (Å²) in [6.45, 7) is 3.28. The van der Waals surface area contributed by atoms with Gasteiger partial charge < -0.3 is 15.2 Å². The molecule has 30 heavy (non-hydrogen) atoms. The van der Waals surface area contributed by atoms with Crippen molar-refractivity contribution in [2.24, 2.45) is 0 Å². The summed E-state index contributed by atoms with van der Waals surface area (Å²) in [4.78, 5) is 23.4. The van der Waals surface area contributed by atoms with E-state index in [2.05, 4.69) is 15.5 Å². The number of aliphatic carboxylic acids is 1. The lowest BCUT2D eigenvalue weighted by Gasteiger charge is -2.10. The van der Waals surface area contributed by atoms with Gasteiger partial charge in [-0.05, 0) is 32.0 Å². The molecule has 3 rings (SSSR count). The third-order valence-electron chi connectivity index (χ3n) is 4.34. The smallest absolute Gasteiger partial charge is 0.305 e. The average Bonchev–Trinajstić information content (AvgIpc) is 3.25. The van der Waals surface area contributed by atoms with Crippen molar-refractivity contribution in [2.75, 3.05) is 5.32 Å². The highest BCUT2D eigenvalue weighted by molar-refractivity contribution is 6.03. The molecule has 0 aliphatic rings. The molecule has 0 aliphatic heterocycles. The number of aromatic nitrogens is 4. The van der Waals surface area contributed by atoms with Gasteiger partial charge in [0.1, 0.15) is 11.5 Å². The summed E-state index contributed by atoms with van der Waals surface area (Å²) in [7, 11) is 0. The lowest BCUT2D eigenvalue weighted by atomic mass is 10.3. The first-order valence-corrected chi connectivity index (χ1v) is 8.93. The van der Waals surface area contributed by atoms with Crippen molar-refractivity contribution < 1.29 is 28.2 Å². The van der Waals surface area contributed by atoms with Crippen LogP contribution in [0.2, 0.25) is 0 Å². The van der Waals surface area contributed by atoms with E-state index < -0.39 is 23.5 Å². The second-order valence-corrected chi connectivity index (χ2v) is 6.43. The third-order valence-corrected chi connectivity index (χ3v) is 4.34. The van der Waals surface area contributed by atoms with Crippen LogP contribution in [-0.2, 0) is 18.1 Å². The number of aryl methyl sites for hydroxylation is 2. The van der Waals surface area contributed by atoms with Gasteiger partial charge >= 0.3 is 5.97 Å². The van der Waals surface area contributed by atoms with Gasteiger partial charge in [0.05, 0.1) is 30.0 Å². The number of amides is 1. The molecule has 0 saturated heterocycles. The fraction of sp³-hybridized carbons (Fsp3) is 0.263. The number of nitrogens with zero attached hydrogens (tertiary/aromatic N) is 4. The SMILES string of the molecule is Cc1nn(COc2ccc(F)cc2F)c(C)c1NC(=O)c1ccnn1CCC(=O)O. The first kappa shape index (κ1) is 21.0. The van der Waals surface area contributed by atoms with E-state index in [0.717, 1.165) is 12.1 Å². The summed E-state index contributed by atoms with van der Waals surface area (Å²) in [6, 6.07) is 4.46. The molecule has 0 radical (unpaired) electrons. The lowest BCUT2D eigenvalue weighted by molar-refractivity contribution is -0.137. The summed E-state index contributed by atoms with van der Waals surface area (Å²) in [5, 5.41) is 19.8. The van der Waals surface area contributed by atoms with Gasteiger partial charge in [-0.3, -0.25) is 14.3 Å².